The molecule has 1 amide bonds. The van der Waals surface area contributed by atoms with Crippen molar-refractivity contribution in [3.8, 4) is 10.6 Å². The van der Waals surface area contributed by atoms with Crippen LogP contribution in [-0.4, -0.2) is 17.1 Å². The highest BCUT2D eigenvalue weighted by Gasteiger charge is 2.61. The van der Waals surface area contributed by atoms with Gasteiger partial charge in [-0.2, -0.15) is 0 Å². The summed E-state index contributed by atoms with van der Waals surface area (Å²) in [6.45, 7) is 7.02. The van der Waals surface area contributed by atoms with Gasteiger partial charge in [0.2, 0.25) is 0 Å². The molecule has 0 saturated heterocycles. The molecule has 3 atom stereocenters. The number of rotatable bonds is 3. The molecule has 2 aliphatic rings. The van der Waals surface area contributed by atoms with Crippen LogP contribution in [0.1, 0.15) is 50.5 Å². The van der Waals surface area contributed by atoms with E-state index in [1.165, 1.54) is 12.8 Å². The third-order valence-corrected chi connectivity index (χ3v) is 7.49. The zero-order chi connectivity index (χ0) is 16.2. The Labute approximate surface area is 140 Å². The van der Waals surface area contributed by atoms with Gasteiger partial charge >= 0.3 is 0 Å². The van der Waals surface area contributed by atoms with Crippen molar-refractivity contribution in [2.24, 2.45) is 16.7 Å². The van der Waals surface area contributed by atoms with Crippen LogP contribution < -0.4 is 5.32 Å². The molecule has 0 radical (unpaired) electrons. The summed E-state index contributed by atoms with van der Waals surface area (Å²) in [5, 5.41) is 9.16. The maximum absolute atomic E-state index is 12.6. The lowest BCUT2D eigenvalue weighted by atomic mass is 9.69. The lowest BCUT2D eigenvalue weighted by Gasteiger charge is -2.39. The molecule has 2 aromatic heterocycles. The van der Waals surface area contributed by atoms with Crippen molar-refractivity contribution >= 4 is 17.2 Å². The summed E-state index contributed by atoms with van der Waals surface area (Å²) >= 11 is 1.58. The van der Waals surface area contributed by atoms with E-state index in [0.29, 0.717) is 17.4 Å². The van der Waals surface area contributed by atoms with Crippen LogP contribution in [0.2, 0.25) is 0 Å². The number of nitrogens with one attached hydrogen (secondary N) is 1. The van der Waals surface area contributed by atoms with Crippen molar-refractivity contribution in [3.05, 3.63) is 29.3 Å². The number of thiophene rings is 1. The van der Waals surface area contributed by atoms with Gasteiger partial charge < -0.3 is 9.84 Å². The van der Waals surface area contributed by atoms with Gasteiger partial charge in [0.15, 0.2) is 11.5 Å². The maximum atomic E-state index is 12.6. The number of hydrogen-bond acceptors (Lipinski definition) is 4. The standard InChI is InChI=1S/C18H22N2O2S/c1-17(2)11-6-7-18(17,3)15(9-11)19-16(21)12-10-13(22-20-12)14-5-4-8-23-14/h4-5,8,10-11,15H,6-7,9H2,1-3H3,(H,19,21). The summed E-state index contributed by atoms with van der Waals surface area (Å²) in [5.74, 6) is 1.24. The van der Waals surface area contributed by atoms with E-state index < -0.39 is 0 Å². The van der Waals surface area contributed by atoms with Gasteiger partial charge in [0.25, 0.3) is 5.91 Å². The molecule has 5 heteroatoms. The predicted octanol–water partition coefficient (Wildman–Crippen LogP) is 4.35. The summed E-state index contributed by atoms with van der Waals surface area (Å²) in [7, 11) is 0. The molecule has 23 heavy (non-hydrogen) atoms. The summed E-state index contributed by atoms with van der Waals surface area (Å²) in [6.07, 6.45) is 3.54. The first-order valence-electron chi connectivity index (χ1n) is 8.23. The van der Waals surface area contributed by atoms with Crippen molar-refractivity contribution < 1.29 is 9.32 Å². The smallest absolute Gasteiger partial charge is 0.273 e. The summed E-state index contributed by atoms with van der Waals surface area (Å²) in [5.41, 5.74) is 0.836. The average molecular weight is 330 g/mol. The first kappa shape index (κ1) is 14.9. The van der Waals surface area contributed by atoms with Gasteiger partial charge in [-0.3, -0.25) is 4.79 Å². The third kappa shape index (κ3) is 2.09. The van der Waals surface area contributed by atoms with Crippen LogP contribution in [0, 0.1) is 16.7 Å². The Balaban J connectivity index is 1.51. The molecule has 4 rings (SSSR count). The molecule has 2 aromatic rings. The molecule has 0 aromatic carbocycles. The largest absolute Gasteiger partial charge is 0.355 e. The van der Waals surface area contributed by atoms with Gasteiger partial charge in [0.05, 0.1) is 4.88 Å². The van der Waals surface area contributed by atoms with Crippen molar-refractivity contribution in [1.29, 1.82) is 0 Å². The minimum atomic E-state index is -0.119. The monoisotopic (exact) mass is 330 g/mol. The topological polar surface area (TPSA) is 55.1 Å². The van der Waals surface area contributed by atoms with Crippen LogP contribution in [0.25, 0.3) is 10.6 Å². The van der Waals surface area contributed by atoms with E-state index >= 15 is 0 Å². The predicted molar refractivity (Wildman–Crippen MR) is 90.3 cm³/mol. The lowest BCUT2D eigenvalue weighted by Crippen LogP contribution is -2.46. The molecular formula is C18H22N2O2S. The van der Waals surface area contributed by atoms with E-state index in [4.69, 9.17) is 4.52 Å². The van der Waals surface area contributed by atoms with Crippen molar-refractivity contribution in [2.75, 3.05) is 0 Å². The Morgan fingerprint density at radius 3 is 2.87 bits per heavy atom. The molecule has 122 valence electrons. The fourth-order valence-corrected chi connectivity index (χ4v) is 5.24. The zero-order valence-electron chi connectivity index (χ0n) is 13.8. The van der Waals surface area contributed by atoms with Crippen molar-refractivity contribution in [3.63, 3.8) is 0 Å². The Morgan fingerprint density at radius 1 is 1.43 bits per heavy atom. The molecule has 0 aliphatic heterocycles. The van der Waals surface area contributed by atoms with E-state index in [2.05, 4.69) is 31.2 Å². The third-order valence-electron chi connectivity index (χ3n) is 6.61. The molecule has 2 aliphatic carbocycles. The summed E-state index contributed by atoms with van der Waals surface area (Å²) in [4.78, 5) is 13.6. The van der Waals surface area contributed by atoms with Crippen molar-refractivity contribution in [1.82, 2.24) is 10.5 Å². The molecule has 2 bridgehead atoms. The van der Waals surface area contributed by atoms with Gasteiger partial charge in [0, 0.05) is 12.1 Å². The quantitative estimate of drug-likeness (QED) is 0.910. The van der Waals surface area contributed by atoms with Crippen LogP contribution >= 0.6 is 11.3 Å². The lowest BCUT2D eigenvalue weighted by molar-refractivity contribution is 0.0818. The van der Waals surface area contributed by atoms with E-state index in [9.17, 15) is 4.79 Å². The van der Waals surface area contributed by atoms with Crippen LogP contribution in [0.3, 0.4) is 0 Å². The number of carbonyl (C=O) groups is 1. The number of aromatic nitrogens is 1. The number of fused-ring (bicyclic) bond motifs is 2. The van der Waals surface area contributed by atoms with E-state index in [0.717, 1.165) is 11.3 Å². The van der Waals surface area contributed by atoms with E-state index in [1.807, 2.05) is 17.5 Å². The van der Waals surface area contributed by atoms with E-state index in [1.54, 1.807) is 17.4 Å². The summed E-state index contributed by atoms with van der Waals surface area (Å²) in [6, 6.07) is 5.89. The minimum Gasteiger partial charge on any atom is -0.355 e. The fraction of sp³-hybridized carbons (Fsp3) is 0.556. The Kier molecular flexibility index (Phi) is 3.21. The normalized spacial score (nSPS) is 31.4. The van der Waals surface area contributed by atoms with Gasteiger partial charge in [-0.25, -0.2) is 0 Å². The molecule has 4 nitrogen and oxygen atoms in total. The Hall–Kier alpha value is -1.62. The van der Waals surface area contributed by atoms with Crippen molar-refractivity contribution in [2.45, 2.75) is 46.1 Å². The average Bonchev–Trinajstić information content (AvgIpc) is 3.25. The highest BCUT2D eigenvalue weighted by atomic mass is 32.1. The Bertz CT molecular complexity index is 734. The molecule has 0 spiro atoms. The first-order valence-corrected chi connectivity index (χ1v) is 9.11. The minimum absolute atomic E-state index is 0.119. The second kappa shape index (κ2) is 4.94. The SMILES string of the molecule is CC1(C)C2CCC1(C)C(NC(=O)c1cc(-c3cccs3)on1)C2. The van der Waals surface area contributed by atoms with Gasteiger partial charge in [-0.1, -0.05) is 32.0 Å². The second-order valence-electron chi connectivity index (χ2n) is 7.69. The van der Waals surface area contributed by atoms with Gasteiger partial charge in [0.1, 0.15) is 0 Å². The van der Waals surface area contributed by atoms with Crippen LogP contribution in [0.4, 0.5) is 0 Å². The first-order chi connectivity index (χ1) is 10.9. The van der Waals surface area contributed by atoms with E-state index in [-0.39, 0.29) is 22.8 Å². The number of carbonyl (C=O) groups excluding carboxylic acids is 1. The zero-order valence-corrected chi connectivity index (χ0v) is 14.6. The highest BCUT2D eigenvalue weighted by molar-refractivity contribution is 7.13. The molecule has 1 N–H and O–H groups in total. The highest BCUT2D eigenvalue weighted by Crippen LogP contribution is 2.65. The molecule has 3 unspecified atom stereocenters. The van der Waals surface area contributed by atoms with Crippen LogP contribution in [0.15, 0.2) is 28.1 Å². The number of amides is 1. The maximum Gasteiger partial charge on any atom is 0.273 e. The molecular weight excluding hydrogens is 308 g/mol. The Morgan fingerprint density at radius 2 is 2.26 bits per heavy atom. The summed E-state index contributed by atoms with van der Waals surface area (Å²) < 4.78 is 5.32. The van der Waals surface area contributed by atoms with Crippen LogP contribution in [-0.2, 0) is 0 Å². The molecule has 2 saturated carbocycles. The van der Waals surface area contributed by atoms with Gasteiger partial charge in [-0.05, 0) is 47.5 Å². The second-order valence-corrected chi connectivity index (χ2v) is 8.64. The molecule has 2 fully saturated rings. The molecule has 2 heterocycles. The number of hydrogen-bond donors (Lipinski definition) is 1. The van der Waals surface area contributed by atoms with Crippen LogP contribution in [0.5, 0.6) is 0 Å². The number of nitrogens with zero attached hydrogens (tertiary/aromatic N) is 1. The fourth-order valence-electron chi connectivity index (χ4n) is 4.57. The van der Waals surface area contributed by atoms with Gasteiger partial charge in [-0.15, -0.1) is 11.3 Å².